The molecule has 3 aromatic rings. The number of H-pyrrole nitrogens is 1. The Morgan fingerprint density at radius 3 is 2.80 bits per heavy atom. The Hall–Kier alpha value is -2.97. The smallest absolute Gasteiger partial charge is 0.274 e. The van der Waals surface area contributed by atoms with Crippen LogP contribution in [0.25, 0.3) is 22.2 Å². The largest absolute Gasteiger partial charge is 0.381 e. The molecule has 8 heteroatoms. The molecule has 0 atom stereocenters. The third-order valence-corrected chi connectivity index (χ3v) is 5.75. The van der Waals surface area contributed by atoms with Crippen molar-refractivity contribution >= 4 is 22.6 Å². The molecule has 4 rings (SSSR count). The molecule has 1 fully saturated rings. The number of nitrogens with zero attached hydrogens (tertiary/aromatic N) is 3. The molecule has 8 nitrogen and oxygen atoms in total. The van der Waals surface area contributed by atoms with Crippen LogP contribution in [0.1, 0.15) is 18.4 Å². The van der Waals surface area contributed by atoms with Gasteiger partial charge in [0.1, 0.15) is 11.3 Å². The van der Waals surface area contributed by atoms with E-state index in [0.717, 1.165) is 48.1 Å². The SMILES string of the molecule is COC1CCN(CC(=O)Nc2ccc(C)c(-c3cn(C)c(=O)c4[nH]ccc34)n2)CC1. The second kappa shape index (κ2) is 8.41. The van der Waals surface area contributed by atoms with Gasteiger partial charge in [-0.05, 0) is 37.5 Å². The number of pyridine rings is 2. The number of methoxy groups -OCH3 is 1. The number of aryl methyl sites for hydroxylation is 2. The van der Waals surface area contributed by atoms with E-state index < -0.39 is 0 Å². The molecule has 1 saturated heterocycles. The topological polar surface area (TPSA) is 92.2 Å². The van der Waals surface area contributed by atoms with Crippen molar-refractivity contribution in [3.8, 4) is 11.3 Å². The van der Waals surface area contributed by atoms with Gasteiger partial charge >= 0.3 is 0 Å². The maximum Gasteiger partial charge on any atom is 0.274 e. The van der Waals surface area contributed by atoms with Crippen LogP contribution in [-0.2, 0) is 16.6 Å². The van der Waals surface area contributed by atoms with Crippen molar-refractivity contribution in [3.63, 3.8) is 0 Å². The molecule has 0 aliphatic carbocycles. The first-order valence-corrected chi connectivity index (χ1v) is 10.2. The maximum atomic E-state index is 12.6. The number of hydrogen-bond donors (Lipinski definition) is 2. The van der Waals surface area contributed by atoms with Gasteiger partial charge in [-0.2, -0.15) is 0 Å². The highest BCUT2D eigenvalue weighted by atomic mass is 16.5. The normalized spacial score (nSPS) is 15.6. The van der Waals surface area contributed by atoms with Gasteiger partial charge in [-0.15, -0.1) is 0 Å². The third kappa shape index (κ3) is 4.01. The van der Waals surface area contributed by atoms with Gasteiger partial charge in [-0.25, -0.2) is 4.98 Å². The second-order valence-electron chi connectivity index (χ2n) is 7.85. The minimum absolute atomic E-state index is 0.0829. The lowest BCUT2D eigenvalue weighted by Gasteiger charge is -2.30. The summed E-state index contributed by atoms with van der Waals surface area (Å²) in [7, 11) is 3.46. The van der Waals surface area contributed by atoms with E-state index in [4.69, 9.17) is 9.72 Å². The van der Waals surface area contributed by atoms with Crippen molar-refractivity contribution in [2.45, 2.75) is 25.9 Å². The van der Waals surface area contributed by atoms with E-state index >= 15 is 0 Å². The molecule has 0 unspecified atom stereocenters. The lowest BCUT2D eigenvalue weighted by Crippen LogP contribution is -2.41. The molecular weight excluding hydrogens is 382 g/mol. The van der Waals surface area contributed by atoms with E-state index in [1.165, 1.54) is 0 Å². The van der Waals surface area contributed by atoms with Crippen molar-refractivity contribution in [1.29, 1.82) is 0 Å². The van der Waals surface area contributed by atoms with Crippen molar-refractivity contribution < 1.29 is 9.53 Å². The van der Waals surface area contributed by atoms with Crippen molar-refractivity contribution in [2.24, 2.45) is 7.05 Å². The molecule has 0 bridgehead atoms. The highest BCUT2D eigenvalue weighted by Crippen LogP contribution is 2.28. The van der Waals surface area contributed by atoms with Gasteiger partial charge in [-0.3, -0.25) is 14.5 Å². The van der Waals surface area contributed by atoms with Crippen LogP contribution >= 0.6 is 0 Å². The highest BCUT2D eigenvalue weighted by Gasteiger charge is 2.21. The molecule has 0 aromatic carbocycles. The fourth-order valence-electron chi connectivity index (χ4n) is 4.02. The summed E-state index contributed by atoms with van der Waals surface area (Å²) < 4.78 is 6.93. The zero-order valence-corrected chi connectivity index (χ0v) is 17.6. The number of aromatic amines is 1. The number of nitrogens with one attached hydrogen (secondary N) is 2. The molecular formula is C22H27N5O3. The van der Waals surface area contributed by atoms with Crippen molar-refractivity contribution in [3.05, 3.63) is 46.5 Å². The zero-order valence-electron chi connectivity index (χ0n) is 17.6. The molecule has 0 radical (unpaired) electrons. The Morgan fingerprint density at radius 2 is 2.07 bits per heavy atom. The Morgan fingerprint density at radius 1 is 1.30 bits per heavy atom. The number of amides is 1. The van der Waals surface area contributed by atoms with Gasteiger partial charge in [0.2, 0.25) is 5.91 Å². The third-order valence-electron chi connectivity index (χ3n) is 5.75. The van der Waals surface area contributed by atoms with Crippen LogP contribution in [0.2, 0.25) is 0 Å². The number of anilines is 1. The van der Waals surface area contributed by atoms with Crippen LogP contribution in [0.15, 0.2) is 35.4 Å². The van der Waals surface area contributed by atoms with Crippen LogP contribution in [0.5, 0.6) is 0 Å². The Bertz CT molecular complexity index is 1130. The van der Waals surface area contributed by atoms with Crippen molar-refractivity contribution in [2.75, 3.05) is 32.1 Å². The molecule has 1 aliphatic heterocycles. The number of carbonyl (C=O) groups excluding carboxylic acids is 1. The summed E-state index contributed by atoms with van der Waals surface area (Å²) >= 11 is 0. The maximum absolute atomic E-state index is 12.6. The fourth-order valence-corrected chi connectivity index (χ4v) is 4.02. The van der Waals surface area contributed by atoms with Gasteiger partial charge in [-0.1, -0.05) is 6.07 Å². The predicted molar refractivity (Wildman–Crippen MR) is 117 cm³/mol. The first-order chi connectivity index (χ1) is 14.5. The number of ether oxygens (including phenoxy) is 1. The minimum Gasteiger partial charge on any atom is -0.381 e. The zero-order chi connectivity index (χ0) is 21.3. The summed E-state index contributed by atoms with van der Waals surface area (Å²) in [5.74, 6) is 0.422. The summed E-state index contributed by atoms with van der Waals surface area (Å²) in [6, 6.07) is 5.62. The molecule has 2 N–H and O–H groups in total. The molecule has 0 saturated carbocycles. The molecule has 1 aliphatic rings. The number of rotatable bonds is 5. The fraction of sp³-hybridized carbons (Fsp3) is 0.409. The number of carbonyl (C=O) groups is 1. The number of aromatic nitrogens is 3. The van der Waals surface area contributed by atoms with Gasteiger partial charge in [0, 0.05) is 50.6 Å². The van der Waals surface area contributed by atoms with Gasteiger partial charge in [0.15, 0.2) is 0 Å². The number of hydrogen-bond acceptors (Lipinski definition) is 5. The highest BCUT2D eigenvalue weighted by molar-refractivity contribution is 5.95. The number of likely N-dealkylation sites (tertiary alicyclic amines) is 1. The molecule has 3 aromatic heterocycles. The van der Waals surface area contributed by atoms with Crippen LogP contribution in [0, 0.1) is 6.92 Å². The second-order valence-corrected chi connectivity index (χ2v) is 7.85. The average Bonchev–Trinajstić information content (AvgIpc) is 3.23. The predicted octanol–water partition coefficient (Wildman–Crippen LogP) is 2.29. The lowest BCUT2D eigenvalue weighted by atomic mass is 10.0. The molecule has 158 valence electrons. The van der Waals surface area contributed by atoms with E-state index in [0.29, 0.717) is 17.9 Å². The van der Waals surface area contributed by atoms with E-state index in [1.54, 1.807) is 31.1 Å². The van der Waals surface area contributed by atoms with Gasteiger partial charge < -0.3 is 19.6 Å². The van der Waals surface area contributed by atoms with Crippen LogP contribution in [0.3, 0.4) is 0 Å². The van der Waals surface area contributed by atoms with Crippen LogP contribution in [-0.4, -0.2) is 58.2 Å². The number of piperidine rings is 1. The average molecular weight is 409 g/mol. The first-order valence-electron chi connectivity index (χ1n) is 10.2. The van der Waals surface area contributed by atoms with Gasteiger partial charge in [0.25, 0.3) is 5.56 Å². The standard InChI is InChI=1S/C22H27N5O3/c1-14-4-5-18(24-19(28)13-27-10-7-15(30-3)8-11-27)25-20(14)17-12-26(2)22(29)21-16(17)6-9-23-21/h4-6,9,12,15,23H,7-8,10-11,13H2,1-3H3,(H,24,25,28). The lowest BCUT2D eigenvalue weighted by molar-refractivity contribution is -0.117. The summed E-state index contributed by atoms with van der Waals surface area (Å²) in [5.41, 5.74) is 3.02. The Kier molecular flexibility index (Phi) is 5.69. The Balaban J connectivity index is 1.55. The van der Waals surface area contributed by atoms with E-state index in [9.17, 15) is 9.59 Å². The van der Waals surface area contributed by atoms with Crippen LogP contribution < -0.4 is 10.9 Å². The quantitative estimate of drug-likeness (QED) is 0.675. The van der Waals surface area contributed by atoms with E-state index in [-0.39, 0.29) is 17.6 Å². The summed E-state index contributed by atoms with van der Waals surface area (Å²) in [6.07, 6.45) is 5.72. The molecule has 0 spiro atoms. The van der Waals surface area contributed by atoms with Crippen molar-refractivity contribution in [1.82, 2.24) is 19.4 Å². The van der Waals surface area contributed by atoms with Crippen LogP contribution in [0.4, 0.5) is 5.82 Å². The summed E-state index contributed by atoms with van der Waals surface area (Å²) in [6.45, 7) is 4.00. The molecule has 1 amide bonds. The number of fused-ring (bicyclic) bond motifs is 1. The molecule has 4 heterocycles. The summed E-state index contributed by atoms with van der Waals surface area (Å²) in [5, 5.41) is 3.74. The molecule has 30 heavy (non-hydrogen) atoms. The minimum atomic E-state index is -0.0851. The van der Waals surface area contributed by atoms with Gasteiger partial charge in [0.05, 0.1) is 18.3 Å². The Labute approximate surface area is 174 Å². The van der Waals surface area contributed by atoms with E-state index in [1.807, 2.05) is 25.1 Å². The monoisotopic (exact) mass is 409 g/mol. The summed E-state index contributed by atoms with van der Waals surface area (Å²) in [4.78, 5) is 34.8. The van der Waals surface area contributed by atoms with E-state index in [2.05, 4.69) is 15.2 Å². The first kappa shape index (κ1) is 20.3.